The Morgan fingerprint density at radius 3 is 1.00 bits per heavy atom. The highest BCUT2D eigenvalue weighted by molar-refractivity contribution is 5.99. The lowest BCUT2D eigenvalue weighted by Gasteiger charge is -2.20. The molecule has 0 amide bonds. The van der Waals surface area contributed by atoms with Crippen LogP contribution in [0.3, 0.4) is 0 Å². The summed E-state index contributed by atoms with van der Waals surface area (Å²) in [5.74, 6) is 0.438. The van der Waals surface area contributed by atoms with Crippen molar-refractivity contribution in [3.05, 3.63) is 108 Å². The quantitative estimate of drug-likeness (QED) is 0.390. The van der Waals surface area contributed by atoms with Crippen LogP contribution in [0.1, 0.15) is 72.1 Å². The average molecular weight is 389 g/mol. The molecule has 0 atom stereocenters. The van der Waals surface area contributed by atoms with Gasteiger partial charge >= 0.3 is 0 Å². The number of rotatable bonds is 4. The highest BCUT2D eigenvalue weighted by Gasteiger charge is 2.16. The lowest BCUT2D eigenvalue weighted by atomic mass is 9.84. The van der Waals surface area contributed by atoms with Gasteiger partial charge in [-0.15, -0.1) is 0 Å². The van der Waals surface area contributed by atoms with E-state index >= 15 is 0 Å². The minimum atomic E-state index is 0.438. The van der Waals surface area contributed by atoms with Gasteiger partial charge in [-0.25, -0.2) is 0 Å². The summed E-state index contributed by atoms with van der Waals surface area (Å²) in [5.41, 5.74) is 6.55. The standard InChI is InChI=1S/C23H22.3C2H6/c1-18(2)22(19-12-6-3-7-13-19)23(20-14-8-4-9-15-20)21-16-10-5-11-17-21;3*1-2/h3-18H,1-2H3;3*1-2H3. The Kier molecular flexibility index (Phi) is 14.9. The fourth-order valence-corrected chi connectivity index (χ4v) is 3.07. The molecule has 156 valence electrons. The van der Waals surface area contributed by atoms with E-state index in [1.54, 1.807) is 0 Å². The maximum absolute atomic E-state index is 2.27. The van der Waals surface area contributed by atoms with E-state index in [2.05, 4.69) is 105 Å². The van der Waals surface area contributed by atoms with Gasteiger partial charge in [0.25, 0.3) is 0 Å². The van der Waals surface area contributed by atoms with Gasteiger partial charge in [-0.2, -0.15) is 0 Å². The molecule has 0 aliphatic rings. The van der Waals surface area contributed by atoms with E-state index in [0.717, 1.165) is 0 Å². The molecular formula is C29H40. The van der Waals surface area contributed by atoms with Crippen molar-refractivity contribution in [2.24, 2.45) is 5.92 Å². The van der Waals surface area contributed by atoms with Crippen molar-refractivity contribution in [3.63, 3.8) is 0 Å². The molecular weight excluding hydrogens is 348 g/mol. The molecule has 0 fully saturated rings. The van der Waals surface area contributed by atoms with E-state index in [4.69, 9.17) is 0 Å². The first-order valence-electron chi connectivity index (χ1n) is 11.2. The molecule has 0 aliphatic carbocycles. The van der Waals surface area contributed by atoms with Crippen LogP contribution in [0.15, 0.2) is 91.0 Å². The van der Waals surface area contributed by atoms with Crippen LogP contribution in [-0.4, -0.2) is 0 Å². The fraction of sp³-hybridized carbons (Fsp3) is 0.310. The molecule has 0 saturated heterocycles. The van der Waals surface area contributed by atoms with Gasteiger partial charge in [0.1, 0.15) is 0 Å². The monoisotopic (exact) mass is 388 g/mol. The number of hydrogen-bond donors (Lipinski definition) is 0. The summed E-state index contributed by atoms with van der Waals surface area (Å²) in [7, 11) is 0. The van der Waals surface area contributed by atoms with E-state index < -0.39 is 0 Å². The summed E-state index contributed by atoms with van der Waals surface area (Å²) in [6, 6.07) is 32.1. The lowest BCUT2D eigenvalue weighted by molar-refractivity contribution is 0.857. The molecule has 0 spiro atoms. The van der Waals surface area contributed by atoms with Gasteiger partial charge in [0.2, 0.25) is 0 Å². The van der Waals surface area contributed by atoms with E-state index in [9.17, 15) is 0 Å². The van der Waals surface area contributed by atoms with Crippen molar-refractivity contribution >= 4 is 11.1 Å². The minimum Gasteiger partial charge on any atom is -0.0683 e. The summed E-state index contributed by atoms with van der Waals surface area (Å²) in [6.45, 7) is 16.5. The largest absolute Gasteiger partial charge is 0.0683 e. The molecule has 0 saturated carbocycles. The van der Waals surface area contributed by atoms with Gasteiger partial charge in [-0.3, -0.25) is 0 Å². The maximum Gasteiger partial charge on any atom is -0.00707 e. The minimum absolute atomic E-state index is 0.438. The first-order valence-corrected chi connectivity index (χ1v) is 11.2. The molecule has 0 nitrogen and oxygen atoms in total. The zero-order valence-electron chi connectivity index (χ0n) is 19.7. The molecule has 0 aromatic heterocycles. The van der Waals surface area contributed by atoms with E-state index in [-0.39, 0.29) is 0 Å². The summed E-state index contributed by atoms with van der Waals surface area (Å²) in [6.07, 6.45) is 0. The molecule has 0 N–H and O–H groups in total. The van der Waals surface area contributed by atoms with E-state index in [0.29, 0.717) is 5.92 Å². The molecule has 0 unspecified atom stereocenters. The molecule has 3 rings (SSSR count). The third-order valence-corrected chi connectivity index (χ3v) is 4.06. The van der Waals surface area contributed by atoms with Crippen LogP contribution in [0.25, 0.3) is 11.1 Å². The lowest BCUT2D eigenvalue weighted by Crippen LogP contribution is -2.01. The number of hydrogen-bond acceptors (Lipinski definition) is 0. The Morgan fingerprint density at radius 1 is 0.448 bits per heavy atom. The highest BCUT2D eigenvalue weighted by atomic mass is 14.2. The molecule has 0 aliphatic heterocycles. The van der Waals surface area contributed by atoms with Gasteiger partial charge in [0.05, 0.1) is 0 Å². The second-order valence-electron chi connectivity index (χ2n) is 6.04. The average Bonchev–Trinajstić information content (AvgIpc) is 2.83. The van der Waals surface area contributed by atoms with Crippen molar-refractivity contribution < 1.29 is 0 Å². The molecule has 3 aromatic rings. The fourth-order valence-electron chi connectivity index (χ4n) is 3.07. The highest BCUT2D eigenvalue weighted by Crippen LogP contribution is 2.36. The van der Waals surface area contributed by atoms with Crippen LogP contribution in [0.2, 0.25) is 0 Å². The third-order valence-electron chi connectivity index (χ3n) is 4.06. The van der Waals surface area contributed by atoms with Gasteiger partial charge in [-0.1, -0.05) is 146 Å². The molecule has 0 bridgehead atoms. The van der Waals surface area contributed by atoms with E-state index in [1.165, 1.54) is 27.8 Å². The van der Waals surface area contributed by atoms with Crippen molar-refractivity contribution in [3.8, 4) is 0 Å². The van der Waals surface area contributed by atoms with E-state index in [1.807, 2.05) is 41.5 Å². The zero-order chi connectivity index (χ0) is 22.1. The second-order valence-corrected chi connectivity index (χ2v) is 6.04. The molecule has 0 radical (unpaired) electrons. The van der Waals surface area contributed by atoms with Gasteiger partial charge < -0.3 is 0 Å². The molecule has 0 heterocycles. The van der Waals surface area contributed by atoms with Crippen molar-refractivity contribution in [1.82, 2.24) is 0 Å². The van der Waals surface area contributed by atoms with Crippen molar-refractivity contribution in [1.29, 1.82) is 0 Å². The molecule has 3 aromatic carbocycles. The Hall–Kier alpha value is -2.60. The smallest absolute Gasteiger partial charge is 0.00707 e. The second kappa shape index (κ2) is 16.4. The number of allylic oxidation sites excluding steroid dienone is 1. The Morgan fingerprint density at radius 2 is 0.724 bits per heavy atom. The molecule has 0 heteroatoms. The van der Waals surface area contributed by atoms with Crippen molar-refractivity contribution in [2.45, 2.75) is 55.4 Å². The maximum atomic E-state index is 2.27. The van der Waals surface area contributed by atoms with Gasteiger partial charge in [0.15, 0.2) is 0 Å². The molecule has 29 heavy (non-hydrogen) atoms. The van der Waals surface area contributed by atoms with Gasteiger partial charge in [0, 0.05) is 0 Å². The van der Waals surface area contributed by atoms with Crippen LogP contribution in [-0.2, 0) is 0 Å². The summed E-state index contributed by atoms with van der Waals surface area (Å²) in [5, 5.41) is 0. The number of benzene rings is 3. The Labute approximate surface area is 180 Å². The van der Waals surface area contributed by atoms with Gasteiger partial charge in [-0.05, 0) is 33.8 Å². The zero-order valence-corrected chi connectivity index (χ0v) is 19.7. The predicted molar refractivity (Wildman–Crippen MR) is 134 cm³/mol. The first kappa shape index (κ1) is 26.4. The normalized spacial score (nSPS) is 9.00. The summed E-state index contributed by atoms with van der Waals surface area (Å²) >= 11 is 0. The first-order chi connectivity index (χ1) is 14.3. The SMILES string of the molecule is CC.CC.CC.CC(C)C(=C(c1ccccc1)c1ccccc1)c1ccccc1. The Bertz CT molecular complexity index is 725. The predicted octanol–water partition coefficient (Wildman–Crippen LogP) is 9.38. The summed E-state index contributed by atoms with van der Waals surface area (Å²) < 4.78 is 0. The van der Waals surface area contributed by atoms with Crippen LogP contribution < -0.4 is 0 Å². The van der Waals surface area contributed by atoms with Crippen molar-refractivity contribution in [2.75, 3.05) is 0 Å². The topological polar surface area (TPSA) is 0 Å². The Balaban J connectivity index is 0.00000120. The van der Waals surface area contributed by atoms with Crippen LogP contribution >= 0.6 is 0 Å². The van der Waals surface area contributed by atoms with Crippen LogP contribution in [0.4, 0.5) is 0 Å². The van der Waals surface area contributed by atoms with Crippen LogP contribution in [0.5, 0.6) is 0 Å². The summed E-state index contributed by atoms with van der Waals surface area (Å²) in [4.78, 5) is 0. The van der Waals surface area contributed by atoms with Crippen LogP contribution in [0, 0.1) is 5.92 Å². The third kappa shape index (κ3) is 8.11.